The largest absolute Gasteiger partial charge is 0.457 e. The van der Waals surface area contributed by atoms with E-state index in [4.69, 9.17) is 10.5 Å². The molecular weight excluding hydrogens is 1350 g/mol. The number of rotatable bonds is 15. The van der Waals surface area contributed by atoms with Crippen molar-refractivity contribution in [2.45, 2.75) is 0 Å². The Morgan fingerprint density at radius 3 is 0.546 bits per heavy atom. The smallest absolute Gasteiger partial charge is 0.149 e. The van der Waals surface area contributed by atoms with E-state index in [2.05, 4.69) is 374 Å². The van der Waals surface area contributed by atoms with Gasteiger partial charge in [-0.25, -0.2) is 4.98 Å². The summed E-state index contributed by atoms with van der Waals surface area (Å²) >= 11 is 0. The molecule has 15 rings (SSSR count). The molecule has 15 aromatic rings. The predicted octanol–water partition coefficient (Wildman–Crippen LogP) is 17.3. The van der Waals surface area contributed by atoms with Crippen molar-refractivity contribution in [1.82, 2.24) is 9.97 Å². The summed E-state index contributed by atoms with van der Waals surface area (Å²) in [5.74, 6) is 1.99. The average Bonchev–Trinajstić information content (AvgIpc) is 1.00. The Morgan fingerprint density at radius 2 is 0.361 bits per heavy atom. The molecule has 4 nitrogen and oxygen atoms in total. The molecule has 1 heterocycles. The van der Waals surface area contributed by atoms with Gasteiger partial charge in [-0.3, -0.25) is 4.98 Å². The zero-order valence-electron chi connectivity index (χ0n) is 53.5. The number of nitrogens with zero attached hydrogens (tertiary/aromatic N) is 2. The standard InChI is InChI=1S/4C18H15P.C16H13N3O.Pd/c4*1-4-10-16(11-5-1)19(17-12-6-2-7-13-17)18-14-8-3-9-15-18;17-16-15(18-10-11-19-16)12-6-8-14(9-7-12)20-13-4-2-1-3-5-13;/h4*1-15H;1-11H,(H2,17,19);. The van der Waals surface area contributed by atoms with Crippen LogP contribution in [0.1, 0.15) is 0 Å². The second-order valence-electron chi connectivity index (χ2n) is 21.6. The third kappa shape index (κ3) is 20.8. The number of hydrogen-bond acceptors (Lipinski definition) is 4. The monoisotopic (exact) mass is 1420 g/mol. The molecule has 0 aliphatic rings. The first-order valence-corrected chi connectivity index (χ1v) is 37.2. The van der Waals surface area contributed by atoms with Gasteiger partial charge in [-0.15, -0.1) is 0 Å². The number of anilines is 1. The van der Waals surface area contributed by atoms with Crippen molar-refractivity contribution < 1.29 is 25.2 Å². The van der Waals surface area contributed by atoms with Crippen LogP contribution in [0, 0.1) is 0 Å². The van der Waals surface area contributed by atoms with Crippen molar-refractivity contribution in [3.63, 3.8) is 0 Å². The zero-order chi connectivity index (χ0) is 65.5. The quantitative estimate of drug-likeness (QED) is 0.0821. The Kier molecular flexibility index (Phi) is 27.9. The van der Waals surface area contributed by atoms with Crippen molar-refractivity contribution in [3.05, 3.63) is 431 Å². The number of aromatic nitrogens is 2. The summed E-state index contributed by atoms with van der Waals surface area (Å²) in [5.41, 5.74) is 7.40. The molecule has 0 unspecified atom stereocenters. The van der Waals surface area contributed by atoms with Crippen molar-refractivity contribution in [2.24, 2.45) is 0 Å². The van der Waals surface area contributed by atoms with Gasteiger partial charge in [0, 0.05) is 38.4 Å². The SMILES string of the molecule is Nc1nccnc1-c1ccc(Oc2ccccc2)cc1.[Pd].c1ccc(P(c2ccccc2)c2ccccc2)cc1.c1ccc(P(c2ccccc2)c2ccccc2)cc1.c1ccc(P(c2ccccc2)c2ccccc2)cc1.c1ccc(P(c2ccccc2)c2ccccc2)cc1. The first kappa shape index (κ1) is 70.0. The normalized spacial score (nSPS) is 10.4. The molecule has 476 valence electrons. The molecule has 0 spiro atoms. The summed E-state index contributed by atoms with van der Waals surface area (Å²) in [6.07, 6.45) is 3.20. The van der Waals surface area contributed by atoms with Crippen LogP contribution in [0.4, 0.5) is 5.82 Å². The van der Waals surface area contributed by atoms with Crippen LogP contribution in [0.5, 0.6) is 11.5 Å². The number of nitrogen functional groups attached to an aromatic ring is 1. The molecule has 0 fully saturated rings. The van der Waals surface area contributed by atoms with Crippen molar-refractivity contribution in [2.75, 3.05) is 5.73 Å². The Morgan fingerprint density at radius 1 is 0.196 bits per heavy atom. The van der Waals surface area contributed by atoms with Crippen LogP contribution in [-0.2, 0) is 20.4 Å². The van der Waals surface area contributed by atoms with Gasteiger partial charge in [0.2, 0.25) is 0 Å². The van der Waals surface area contributed by atoms with Gasteiger partial charge in [0.15, 0.2) is 0 Å². The number of para-hydroxylation sites is 1. The van der Waals surface area contributed by atoms with Gasteiger partial charge in [-0.1, -0.05) is 382 Å². The number of ether oxygens (including phenoxy) is 1. The Labute approximate surface area is 591 Å². The van der Waals surface area contributed by atoms with Gasteiger partial charge in [0.25, 0.3) is 0 Å². The summed E-state index contributed by atoms with van der Waals surface area (Å²) in [5, 5.41) is 16.8. The minimum Gasteiger partial charge on any atom is -0.457 e. The van der Waals surface area contributed by atoms with Crippen LogP contribution in [0.15, 0.2) is 431 Å². The van der Waals surface area contributed by atoms with Gasteiger partial charge in [-0.05, 0) is 132 Å². The summed E-state index contributed by atoms with van der Waals surface area (Å²) < 4.78 is 5.73. The van der Waals surface area contributed by atoms with Crippen molar-refractivity contribution in [1.29, 1.82) is 0 Å². The minimum atomic E-state index is -0.446. The van der Waals surface area contributed by atoms with Crippen molar-refractivity contribution >= 4 is 101 Å². The summed E-state index contributed by atoms with van der Waals surface area (Å²) in [4.78, 5) is 8.26. The Bertz CT molecular complexity index is 3730. The molecule has 14 aromatic carbocycles. The van der Waals surface area contributed by atoms with Gasteiger partial charge >= 0.3 is 0 Å². The minimum absolute atomic E-state index is 0. The fraction of sp³-hybridized carbons (Fsp3) is 0. The van der Waals surface area contributed by atoms with Crippen LogP contribution in [0.25, 0.3) is 11.3 Å². The van der Waals surface area contributed by atoms with E-state index in [0.29, 0.717) is 11.5 Å². The van der Waals surface area contributed by atoms with Gasteiger partial charge in [0.05, 0.1) is 0 Å². The van der Waals surface area contributed by atoms with E-state index in [1.54, 1.807) is 12.4 Å². The van der Waals surface area contributed by atoms with Crippen LogP contribution >= 0.6 is 31.7 Å². The first-order chi connectivity index (χ1) is 47.6. The second-order valence-corrected chi connectivity index (χ2v) is 30.5. The maximum absolute atomic E-state index is 5.81. The molecular formula is C88H73N3OP4Pd. The fourth-order valence-electron chi connectivity index (χ4n) is 10.6. The van der Waals surface area contributed by atoms with E-state index in [9.17, 15) is 0 Å². The molecule has 0 amide bonds. The van der Waals surface area contributed by atoms with Gasteiger partial charge in [-0.2, -0.15) is 0 Å². The molecule has 0 saturated heterocycles. The fourth-order valence-corrected chi connectivity index (χ4v) is 19.8. The van der Waals surface area contributed by atoms with E-state index in [0.717, 1.165) is 17.1 Å². The maximum atomic E-state index is 5.81. The molecule has 0 bridgehead atoms. The van der Waals surface area contributed by atoms with E-state index in [-0.39, 0.29) is 20.4 Å². The zero-order valence-corrected chi connectivity index (χ0v) is 58.6. The Balaban J connectivity index is 0.000000131. The van der Waals surface area contributed by atoms with E-state index < -0.39 is 31.7 Å². The topological polar surface area (TPSA) is 61.0 Å². The molecule has 97 heavy (non-hydrogen) atoms. The molecule has 0 atom stereocenters. The number of benzene rings is 14. The van der Waals surface area contributed by atoms with Crippen LogP contribution < -0.4 is 74.1 Å². The van der Waals surface area contributed by atoms with Gasteiger partial charge in [0.1, 0.15) is 23.0 Å². The molecule has 1 aromatic heterocycles. The number of nitrogens with two attached hydrogens (primary N) is 1. The summed E-state index contributed by atoms with van der Waals surface area (Å²) in [6, 6.07) is 147. The predicted molar refractivity (Wildman–Crippen MR) is 419 cm³/mol. The Hall–Kier alpha value is -9.86. The van der Waals surface area contributed by atoms with E-state index in [1.807, 2.05) is 54.6 Å². The van der Waals surface area contributed by atoms with E-state index in [1.165, 1.54) is 63.7 Å². The number of hydrogen-bond donors (Lipinski definition) is 1. The first-order valence-electron chi connectivity index (χ1n) is 31.8. The van der Waals surface area contributed by atoms with Crippen LogP contribution in [0.2, 0.25) is 0 Å². The molecule has 9 heteroatoms. The third-order valence-corrected chi connectivity index (χ3v) is 24.8. The molecule has 0 aliphatic heterocycles. The summed E-state index contributed by atoms with van der Waals surface area (Å²) in [7, 11) is -1.78. The van der Waals surface area contributed by atoms with Crippen molar-refractivity contribution in [3.8, 4) is 22.8 Å². The molecule has 0 saturated carbocycles. The molecule has 2 N–H and O–H groups in total. The maximum Gasteiger partial charge on any atom is 0.149 e. The summed E-state index contributed by atoms with van der Waals surface area (Å²) in [6.45, 7) is 0. The second kappa shape index (κ2) is 38.6. The van der Waals surface area contributed by atoms with E-state index >= 15 is 0 Å². The third-order valence-electron chi connectivity index (χ3n) is 15.0. The van der Waals surface area contributed by atoms with Crippen LogP contribution in [-0.4, -0.2) is 9.97 Å². The van der Waals surface area contributed by atoms with Gasteiger partial charge < -0.3 is 10.5 Å². The molecule has 0 radical (unpaired) electrons. The average molecular weight is 1420 g/mol. The van der Waals surface area contributed by atoms with Crippen LogP contribution in [0.3, 0.4) is 0 Å². The molecule has 0 aliphatic carbocycles.